The highest BCUT2D eigenvalue weighted by Crippen LogP contribution is 2.29. The molecule has 1 aromatic carbocycles. The van der Waals surface area contributed by atoms with Crippen molar-refractivity contribution in [3.05, 3.63) is 35.9 Å². The van der Waals surface area contributed by atoms with Crippen LogP contribution in [0.1, 0.15) is 51.5 Å². The van der Waals surface area contributed by atoms with Crippen LogP contribution in [0.4, 0.5) is 4.79 Å². The molecule has 0 saturated carbocycles. The summed E-state index contributed by atoms with van der Waals surface area (Å²) >= 11 is 0. The van der Waals surface area contributed by atoms with E-state index in [1.807, 2.05) is 0 Å². The predicted octanol–water partition coefficient (Wildman–Crippen LogP) is 2.70. The maximum atomic E-state index is 13.0. The van der Waals surface area contributed by atoms with Gasteiger partial charge < -0.3 is 35.0 Å². The SMILES string of the molecule is CNCC1CN(C(=O)CCO)CCN1C(=O)Oc1ccc(CNC(=O)CCCC/C=C/C(C)C)cc1OC. The number of carbonyl (C=O) groups is 3. The van der Waals surface area contributed by atoms with E-state index in [0.29, 0.717) is 50.8 Å². The van der Waals surface area contributed by atoms with Crippen molar-refractivity contribution in [2.75, 3.05) is 46.9 Å². The summed E-state index contributed by atoms with van der Waals surface area (Å²) in [5.41, 5.74) is 0.832. The first-order valence-corrected chi connectivity index (χ1v) is 13.4. The molecule has 1 saturated heterocycles. The molecule has 1 fully saturated rings. The number of methoxy groups -OCH3 is 1. The zero-order valence-electron chi connectivity index (χ0n) is 23.2. The molecule has 10 nitrogen and oxygen atoms in total. The quantitative estimate of drug-likeness (QED) is 0.249. The average Bonchev–Trinajstić information content (AvgIpc) is 2.90. The molecule has 10 heteroatoms. The molecular weight excluding hydrogens is 488 g/mol. The largest absolute Gasteiger partial charge is 0.493 e. The number of likely N-dealkylation sites (N-methyl/N-ethyl adjacent to an activating group) is 1. The predicted molar refractivity (Wildman–Crippen MR) is 146 cm³/mol. The van der Waals surface area contributed by atoms with Crippen LogP contribution >= 0.6 is 0 Å². The van der Waals surface area contributed by atoms with Crippen LogP contribution in [-0.4, -0.2) is 85.8 Å². The molecule has 0 aliphatic carbocycles. The fraction of sp³-hybridized carbons (Fsp3) is 0.607. The molecule has 1 unspecified atom stereocenters. The van der Waals surface area contributed by atoms with Crippen molar-refractivity contribution in [2.24, 2.45) is 5.92 Å². The molecule has 1 atom stereocenters. The summed E-state index contributed by atoms with van der Waals surface area (Å²) in [5, 5.41) is 15.1. The van der Waals surface area contributed by atoms with Crippen LogP contribution in [0.15, 0.2) is 30.4 Å². The molecular formula is C28H44N4O6. The smallest absolute Gasteiger partial charge is 0.415 e. The highest BCUT2D eigenvalue weighted by molar-refractivity contribution is 5.77. The van der Waals surface area contributed by atoms with E-state index in [1.54, 1.807) is 35.0 Å². The molecule has 0 spiro atoms. The van der Waals surface area contributed by atoms with Crippen molar-refractivity contribution in [1.82, 2.24) is 20.4 Å². The third-order valence-electron chi connectivity index (χ3n) is 6.30. The van der Waals surface area contributed by atoms with Crippen molar-refractivity contribution < 1.29 is 29.0 Å². The maximum Gasteiger partial charge on any atom is 0.415 e. The molecule has 0 aromatic heterocycles. The Balaban J connectivity index is 1.90. The number of rotatable bonds is 14. The number of hydrogen-bond donors (Lipinski definition) is 3. The molecule has 38 heavy (non-hydrogen) atoms. The first kappa shape index (κ1) is 31.1. The minimum Gasteiger partial charge on any atom is -0.493 e. The van der Waals surface area contributed by atoms with E-state index in [9.17, 15) is 14.4 Å². The normalized spacial score (nSPS) is 15.7. The monoisotopic (exact) mass is 532 g/mol. The molecule has 0 bridgehead atoms. The van der Waals surface area contributed by atoms with Gasteiger partial charge in [0, 0.05) is 45.6 Å². The van der Waals surface area contributed by atoms with Gasteiger partial charge in [0.1, 0.15) is 0 Å². The highest BCUT2D eigenvalue weighted by Gasteiger charge is 2.33. The van der Waals surface area contributed by atoms with Gasteiger partial charge in [-0.05, 0) is 49.9 Å². The van der Waals surface area contributed by atoms with Crippen molar-refractivity contribution in [3.8, 4) is 11.5 Å². The number of amides is 3. The number of ether oxygens (including phenoxy) is 2. The number of allylic oxidation sites excluding steroid dienone is 2. The fourth-order valence-electron chi connectivity index (χ4n) is 4.25. The lowest BCUT2D eigenvalue weighted by atomic mass is 10.1. The summed E-state index contributed by atoms with van der Waals surface area (Å²) in [7, 11) is 3.28. The Hall–Kier alpha value is -3.11. The minimum atomic E-state index is -0.526. The highest BCUT2D eigenvalue weighted by atomic mass is 16.6. The lowest BCUT2D eigenvalue weighted by molar-refractivity contribution is -0.134. The van der Waals surface area contributed by atoms with Crippen LogP contribution in [0.25, 0.3) is 0 Å². The van der Waals surface area contributed by atoms with Crippen molar-refractivity contribution in [1.29, 1.82) is 0 Å². The van der Waals surface area contributed by atoms with Gasteiger partial charge in [0.2, 0.25) is 11.8 Å². The van der Waals surface area contributed by atoms with E-state index in [1.165, 1.54) is 7.11 Å². The van der Waals surface area contributed by atoms with E-state index in [2.05, 4.69) is 36.6 Å². The van der Waals surface area contributed by atoms with E-state index in [0.717, 1.165) is 24.8 Å². The summed E-state index contributed by atoms with van der Waals surface area (Å²) < 4.78 is 11.1. The second-order valence-corrected chi connectivity index (χ2v) is 9.77. The molecule has 1 aliphatic rings. The summed E-state index contributed by atoms with van der Waals surface area (Å²) in [6.45, 7) is 5.98. The number of nitrogens with zero attached hydrogens (tertiary/aromatic N) is 2. The van der Waals surface area contributed by atoms with Gasteiger partial charge >= 0.3 is 6.09 Å². The van der Waals surface area contributed by atoms with Gasteiger partial charge in [-0.25, -0.2) is 4.79 Å². The Morgan fingerprint density at radius 2 is 1.95 bits per heavy atom. The van der Waals surface area contributed by atoms with Gasteiger partial charge in [0.25, 0.3) is 0 Å². The van der Waals surface area contributed by atoms with E-state index in [4.69, 9.17) is 14.6 Å². The summed E-state index contributed by atoms with van der Waals surface area (Å²) in [6.07, 6.45) is 7.17. The number of aliphatic hydroxyl groups excluding tert-OH is 1. The maximum absolute atomic E-state index is 13.0. The van der Waals surface area contributed by atoms with Crippen molar-refractivity contribution >= 4 is 17.9 Å². The first-order chi connectivity index (χ1) is 18.3. The molecule has 1 aliphatic heterocycles. The number of piperazine rings is 1. The van der Waals surface area contributed by atoms with E-state index < -0.39 is 6.09 Å². The van der Waals surface area contributed by atoms with Crippen LogP contribution in [0, 0.1) is 5.92 Å². The topological polar surface area (TPSA) is 120 Å². The van der Waals surface area contributed by atoms with Gasteiger partial charge in [0.15, 0.2) is 11.5 Å². The van der Waals surface area contributed by atoms with Crippen molar-refractivity contribution in [2.45, 2.75) is 58.5 Å². The van der Waals surface area contributed by atoms with E-state index in [-0.39, 0.29) is 36.6 Å². The summed E-state index contributed by atoms with van der Waals surface area (Å²) in [5.74, 6) is 1.09. The number of unbranched alkanes of at least 4 members (excludes halogenated alkanes) is 2. The Morgan fingerprint density at radius 1 is 1.16 bits per heavy atom. The summed E-state index contributed by atoms with van der Waals surface area (Å²) in [4.78, 5) is 40.7. The molecule has 1 aromatic rings. The van der Waals surface area contributed by atoms with Crippen LogP contribution < -0.4 is 20.1 Å². The molecule has 3 amide bonds. The third-order valence-corrected chi connectivity index (χ3v) is 6.30. The number of aliphatic hydroxyl groups is 1. The zero-order valence-corrected chi connectivity index (χ0v) is 23.2. The van der Waals surface area contributed by atoms with E-state index >= 15 is 0 Å². The van der Waals surface area contributed by atoms with Crippen LogP contribution in [-0.2, 0) is 16.1 Å². The van der Waals surface area contributed by atoms with Crippen LogP contribution in [0.2, 0.25) is 0 Å². The molecule has 2 rings (SSSR count). The van der Waals surface area contributed by atoms with Gasteiger partial charge in [-0.3, -0.25) is 9.59 Å². The first-order valence-electron chi connectivity index (χ1n) is 13.4. The Morgan fingerprint density at radius 3 is 2.63 bits per heavy atom. The third kappa shape index (κ3) is 10.3. The van der Waals surface area contributed by atoms with Gasteiger partial charge in [0.05, 0.1) is 19.8 Å². The molecule has 0 radical (unpaired) electrons. The Labute approximate surface area is 226 Å². The van der Waals surface area contributed by atoms with Crippen molar-refractivity contribution in [3.63, 3.8) is 0 Å². The molecule has 3 N–H and O–H groups in total. The Bertz CT molecular complexity index is 936. The number of nitrogens with one attached hydrogen (secondary N) is 2. The fourth-order valence-corrected chi connectivity index (χ4v) is 4.25. The summed E-state index contributed by atoms with van der Waals surface area (Å²) in [6, 6.07) is 4.93. The van der Waals surface area contributed by atoms with Crippen LogP contribution in [0.5, 0.6) is 11.5 Å². The Kier molecular flexibility index (Phi) is 13.7. The number of hydrogen-bond acceptors (Lipinski definition) is 7. The molecule has 1 heterocycles. The zero-order chi connectivity index (χ0) is 27.9. The van der Waals surface area contributed by atoms with Gasteiger partial charge in [-0.15, -0.1) is 0 Å². The van der Waals surface area contributed by atoms with Crippen LogP contribution in [0.3, 0.4) is 0 Å². The average molecular weight is 533 g/mol. The standard InChI is InChI=1S/C28H44N4O6/c1-21(2)9-7-5-6-8-10-26(34)30-18-22-11-12-24(25(17-22)37-4)38-28(36)32-15-14-31(27(35)13-16-33)20-23(32)19-29-3/h7,9,11-12,17,21,23,29,33H,5-6,8,10,13-16,18-20H2,1-4H3,(H,30,34)/b9-7+. The minimum absolute atomic E-state index is 0.000465. The van der Waals surface area contributed by atoms with Gasteiger partial charge in [-0.1, -0.05) is 32.1 Å². The van der Waals surface area contributed by atoms with Gasteiger partial charge in [-0.2, -0.15) is 0 Å². The number of carbonyl (C=O) groups excluding carboxylic acids is 3. The number of benzene rings is 1. The second kappa shape index (κ2) is 16.7. The second-order valence-electron chi connectivity index (χ2n) is 9.77. The lowest BCUT2D eigenvalue weighted by Crippen LogP contribution is -2.59. The molecule has 212 valence electrons. The lowest BCUT2D eigenvalue weighted by Gasteiger charge is -2.40.